The summed E-state index contributed by atoms with van der Waals surface area (Å²) in [4.78, 5) is 11.8. The van der Waals surface area contributed by atoms with Gasteiger partial charge in [0, 0.05) is 23.9 Å². The van der Waals surface area contributed by atoms with Crippen molar-refractivity contribution in [1.82, 2.24) is 15.1 Å². The number of furan rings is 1. The maximum atomic E-state index is 11.8. The molecule has 0 radical (unpaired) electrons. The molecular formula is C20H21N3O2. The van der Waals surface area contributed by atoms with Crippen molar-refractivity contribution in [3.8, 4) is 11.1 Å². The van der Waals surface area contributed by atoms with Crippen LogP contribution < -0.4 is 5.32 Å². The maximum Gasteiger partial charge on any atom is 0.244 e. The van der Waals surface area contributed by atoms with Gasteiger partial charge in [-0.15, -0.1) is 0 Å². The lowest BCUT2D eigenvalue weighted by Gasteiger charge is -2.06. The molecule has 2 heterocycles. The monoisotopic (exact) mass is 335 g/mol. The van der Waals surface area contributed by atoms with Crippen LogP contribution in [0.4, 0.5) is 0 Å². The van der Waals surface area contributed by atoms with Gasteiger partial charge in [0.2, 0.25) is 5.91 Å². The third-order valence-corrected chi connectivity index (χ3v) is 4.01. The second-order valence-corrected chi connectivity index (χ2v) is 5.77. The van der Waals surface area contributed by atoms with Crippen molar-refractivity contribution in [2.24, 2.45) is 0 Å². The summed E-state index contributed by atoms with van der Waals surface area (Å²) >= 11 is 0. The molecule has 1 amide bonds. The summed E-state index contributed by atoms with van der Waals surface area (Å²) < 4.78 is 7.09. The van der Waals surface area contributed by atoms with Gasteiger partial charge in [-0.25, -0.2) is 0 Å². The van der Waals surface area contributed by atoms with Gasteiger partial charge in [0.05, 0.1) is 18.5 Å². The van der Waals surface area contributed by atoms with Crippen molar-refractivity contribution < 1.29 is 9.21 Å². The number of benzene rings is 1. The Kier molecular flexibility index (Phi) is 5.14. The van der Waals surface area contributed by atoms with Crippen molar-refractivity contribution in [2.75, 3.05) is 6.54 Å². The summed E-state index contributed by atoms with van der Waals surface area (Å²) in [5, 5.41) is 7.46. The molecule has 5 nitrogen and oxygen atoms in total. The molecule has 0 spiro atoms. The molecule has 3 rings (SSSR count). The summed E-state index contributed by atoms with van der Waals surface area (Å²) in [5.74, 6) is 0.502. The predicted molar refractivity (Wildman–Crippen MR) is 97.9 cm³/mol. The van der Waals surface area contributed by atoms with Crippen LogP contribution in [0.15, 0.2) is 59.2 Å². The number of rotatable bonds is 6. The summed E-state index contributed by atoms with van der Waals surface area (Å²) in [6, 6.07) is 13.8. The number of nitrogens with zero attached hydrogens (tertiary/aromatic N) is 2. The summed E-state index contributed by atoms with van der Waals surface area (Å²) in [5.41, 5.74) is 4.41. The highest BCUT2D eigenvalue weighted by atomic mass is 16.3. The molecule has 128 valence electrons. The topological polar surface area (TPSA) is 60.1 Å². The van der Waals surface area contributed by atoms with Crippen LogP contribution in [0.1, 0.15) is 17.1 Å². The van der Waals surface area contributed by atoms with Crippen molar-refractivity contribution in [3.63, 3.8) is 0 Å². The van der Waals surface area contributed by atoms with Gasteiger partial charge < -0.3 is 9.73 Å². The molecule has 1 N–H and O–H groups in total. The SMILES string of the molecule is Cc1nn(CCNC(=O)C=Cc2ccco2)c(C)c1-c1ccccc1. The summed E-state index contributed by atoms with van der Waals surface area (Å²) in [6.07, 6.45) is 4.69. The zero-order valence-corrected chi connectivity index (χ0v) is 14.4. The molecule has 3 aromatic rings. The Labute approximate surface area is 147 Å². The number of aryl methyl sites for hydroxylation is 1. The van der Waals surface area contributed by atoms with E-state index >= 15 is 0 Å². The summed E-state index contributed by atoms with van der Waals surface area (Å²) in [7, 11) is 0. The molecule has 2 aromatic heterocycles. The van der Waals surface area contributed by atoms with E-state index in [0.29, 0.717) is 18.8 Å². The fourth-order valence-electron chi connectivity index (χ4n) is 2.83. The number of nitrogens with one attached hydrogen (secondary N) is 1. The Morgan fingerprint density at radius 3 is 2.72 bits per heavy atom. The van der Waals surface area contributed by atoms with Crippen LogP contribution in [0.25, 0.3) is 17.2 Å². The standard InChI is InChI=1S/C20H21N3O2/c1-15-20(17-7-4-3-5-8-17)16(2)23(22-15)13-12-21-19(24)11-10-18-9-6-14-25-18/h3-11,14H,12-13H2,1-2H3,(H,21,24). The Balaban J connectivity index is 1.60. The third-order valence-electron chi connectivity index (χ3n) is 4.01. The van der Waals surface area contributed by atoms with E-state index < -0.39 is 0 Å². The first-order valence-corrected chi connectivity index (χ1v) is 8.24. The number of hydrogen-bond acceptors (Lipinski definition) is 3. The Hall–Kier alpha value is -3.08. The van der Waals surface area contributed by atoms with Gasteiger partial charge in [-0.3, -0.25) is 9.48 Å². The van der Waals surface area contributed by atoms with Crippen LogP contribution >= 0.6 is 0 Å². The highest BCUT2D eigenvalue weighted by molar-refractivity contribution is 5.91. The first-order chi connectivity index (χ1) is 12.1. The largest absolute Gasteiger partial charge is 0.465 e. The number of carbonyl (C=O) groups is 1. The first-order valence-electron chi connectivity index (χ1n) is 8.24. The third kappa shape index (κ3) is 4.07. The zero-order chi connectivity index (χ0) is 17.6. The highest BCUT2D eigenvalue weighted by Gasteiger charge is 2.12. The molecule has 25 heavy (non-hydrogen) atoms. The lowest BCUT2D eigenvalue weighted by Crippen LogP contribution is -2.26. The molecule has 0 atom stereocenters. The van der Waals surface area contributed by atoms with Crippen LogP contribution in [0.2, 0.25) is 0 Å². The molecule has 5 heteroatoms. The normalized spacial score (nSPS) is 11.1. The molecular weight excluding hydrogens is 314 g/mol. The van der Waals surface area contributed by atoms with E-state index in [4.69, 9.17) is 4.42 Å². The molecule has 0 bridgehead atoms. The van der Waals surface area contributed by atoms with Crippen molar-refractivity contribution in [3.05, 3.63) is 72.0 Å². The molecule has 1 aromatic carbocycles. The van der Waals surface area contributed by atoms with Crippen LogP contribution in [-0.4, -0.2) is 22.2 Å². The second kappa shape index (κ2) is 7.66. The van der Waals surface area contributed by atoms with Gasteiger partial charge >= 0.3 is 0 Å². The van der Waals surface area contributed by atoms with Gasteiger partial charge in [-0.05, 0) is 37.6 Å². The van der Waals surface area contributed by atoms with E-state index in [1.807, 2.05) is 29.8 Å². The molecule has 0 aliphatic rings. The molecule has 0 unspecified atom stereocenters. The molecule has 0 aliphatic heterocycles. The molecule has 0 fully saturated rings. The van der Waals surface area contributed by atoms with E-state index in [0.717, 1.165) is 22.5 Å². The van der Waals surface area contributed by atoms with Crippen LogP contribution in [0.5, 0.6) is 0 Å². The van der Waals surface area contributed by atoms with Gasteiger partial charge in [-0.1, -0.05) is 30.3 Å². The van der Waals surface area contributed by atoms with E-state index in [9.17, 15) is 4.79 Å². The fourth-order valence-corrected chi connectivity index (χ4v) is 2.83. The number of hydrogen-bond donors (Lipinski definition) is 1. The lowest BCUT2D eigenvalue weighted by atomic mass is 10.0. The van der Waals surface area contributed by atoms with Crippen LogP contribution in [-0.2, 0) is 11.3 Å². The minimum Gasteiger partial charge on any atom is -0.465 e. The van der Waals surface area contributed by atoms with Crippen LogP contribution in [0.3, 0.4) is 0 Å². The van der Waals surface area contributed by atoms with E-state index in [-0.39, 0.29) is 5.91 Å². The Bertz CT molecular complexity index is 862. The lowest BCUT2D eigenvalue weighted by molar-refractivity contribution is -0.116. The quantitative estimate of drug-likeness (QED) is 0.700. The fraction of sp³-hybridized carbons (Fsp3) is 0.200. The zero-order valence-electron chi connectivity index (χ0n) is 14.4. The van der Waals surface area contributed by atoms with E-state index in [1.165, 1.54) is 6.08 Å². The number of amides is 1. The highest BCUT2D eigenvalue weighted by Crippen LogP contribution is 2.26. The predicted octanol–water partition coefficient (Wildman–Crippen LogP) is 3.59. The minimum absolute atomic E-state index is 0.152. The van der Waals surface area contributed by atoms with Gasteiger partial charge in [0.1, 0.15) is 5.76 Å². The van der Waals surface area contributed by atoms with Crippen molar-refractivity contribution >= 4 is 12.0 Å². The van der Waals surface area contributed by atoms with Gasteiger partial charge in [0.25, 0.3) is 0 Å². The minimum atomic E-state index is -0.152. The average Bonchev–Trinajstić information content (AvgIpc) is 3.22. The smallest absolute Gasteiger partial charge is 0.244 e. The van der Waals surface area contributed by atoms with E-state index in [2.05, 4.69) is 29.5 Å². The second-order valence-electron chi connectivity index (χ2n) is 5.77. The number of carbonyl (C=O) groups excluding carboxylic acids is 1. The molecule has 0 saturated carbocycles. The first kappa shape index (κ1) is 16.8. The van der Waals surface area contributed by atoms with Crippen molar-refractivity contribution in [1.29, 1.82) is 0 Å². The Morgan fingerprint density at radius 2 is 2.00 bits per heavy atom. The van der Waals surface area contributed by atoms with Crippen molar-refractivity contribution in [2.45, 2.75) is 20.4 Å². The maximum absolute atomic E-state index is 11.8. The van der Waals surface area contributed by atoms with Gasteiger partial charge in [-0.2, -0.15) is 5.10 Å². The molecule has 0 aliphatic carbocycles. The number of aromatic nitrogens is 2. The van der Waals surface area contributed by atoms with E-state index in [1.54, 1.807) is 24.5 Å². The van der Waals surface area contributed by atoms with Gasteiger partial charge in [0.15, 0.2) is 0 Å². The van der Waals surface area contributed by atoms with Crippen LogP contribution in [0, 0.1) is 13.8 Å². The average molecular weight is 335 g/mol. The Morgan fingerprint density at radius 1 is 1.20 bits per heavy atom. The molecule has 0 saturated heterocycles. The summed E-state index contributed by atoms with van der Waals surface area (Å²) in [6.45, 7) is 5.20.